The summed E-state index contributed by atoms with van der Waals surface area (Å²) < 4.78 is 59.2. The average Bonchev–Trinajstić information content (AvgIpc) is 2.79. The zero-order valence-electron chi connectivity index (χ0n) is 20.0. The number of nitrogens with two attached hydrogens (primary N) is 1. The Kier molecular flexibility index (Phi) is 7.22. The number of carbonyl (C=O) groups excluding carboxylic acids is 2. The zero-order valence-corrected chi connectivity index (χ0v) is 20.8. The van der Waals surface area contributed by atoms with E-state index in [2.05, 4.69) is 10.3 Å². The Morgan fingerprint density at radius 2 is 2.03 bits per heavy atom. The summed E-state index contributed by atoms with van der Waals surface area (Å²) in [6.45, 7) is 4.08. The van der Waals surface area contributed by atoms with Gasteiger partial charge in [0.25, 0.3) is 5.91 Å². The van der Waals surface area contributed by atoms with E-state index in [0.29, 0.717) is 25.0 Å². The van der Waals surface area contributed by atoms with E-state index in [1.165, 1.54) is 17.0 Å². The Bertz CT molecular complexity index is 1270. The average molecular weight is 541 g/mol. The van der Waals surface area contributed by atoms with Gasteiger partial charge in [-0.1, -0.05) is 23.7 Å². The van der Waals surface area contributed by atoms with Gasteiger partial charge in [-0.25, -0.2) is 9.38 Å². The van der Waals surface area contributed by atoms with E-state index in [9.17, 15) is 27.2 Å². The fourth-order valence-electron chi connectivity index (χ4n) is 4.79. The van der Waals surface area contributed by atoms with Crippen molar-refractivity contribution in [1.82, 2.24) is 4.90 Å². The molecule has 7 nitrogen and oxygen atoms in total. The molecule has 0 aliphatic carbocycles. The standard InChI is InChI=1S/C25H25ClF4N4O3/c1-13-10-15(8-9-37-13)34-20(35)12-24(2,33-23(34)31)17-4-3-5-19(21(17)26)32-22(36)16-7-6-14(27)11-18(16)25(28,29)30/h3-7,11,13,15H,8-10,12H2,1-2H3,(H2,31,33)(H,32,36)/t13-,15-,24+/m1/s1. The first-order valence-corrected chi connectivity index (χ1v) is 11.9. The van der Waals surface area contributed by atoms with E-state index < -0.39 is 34.6 Å². The number of aliphatic imine (C=N–C) groups is 1. The van der Waals surface area contributed by atoms with Crippen LogP contribution in [0, 0.1) is 5.82 Å². The maximum atomic E-state index is 13.4. The summed E-state index contributed by atoms with van der Waals surface area (Å²) in [5, 5.41) is 2.35. The van der Waals surface area contributed by atoms with Crippen molar-refractivity contribution in [1.29, 1.82) is 0 Å². The van der Waals surface area contributed by atoms with Crippen LogP contribution in [0.15, 0.2) is 41.4 Å². The summed E-state index contributed by atoms with van der Waals surface area (Å²) in [5.74, 6) is -2.47. The summed E-state index contributed by atoms with van der Waals surface area (Å²) in [6.07, 6.45) is -3.80. The number of amides is 2. The second-order valence-electron chi connectivity index (χ2n) is 9.35. The SMILES string of the molecule is C[C@@H]1C[C@H](N2C(=O)C[C@@](C)(c3cccc(NC(=O)c4ccc(F)cc4C(F)(F)F)c3Cl)N=C2N)CCO1. The molecule has 2 heterocycles. The number of benzene rings is 2. The summed E-state index contributed by atoms with van der Waals surface area (Å²) in [7, 11) is 0. The van der Waals surface area contributed by atoms with Crippen LogP contribution in [-0.2, 0) is 21.2 Å². The van der Waals surface area contributed by atoms with E-state index in [0.717, 1.165) is 12.1 Å². The second kappa shape index (κ2) is 9.94. The Morgan fingerprint density at radius 3 is 2.68 bits per heavy atom. The normalized spacial score (nSPS) is 24.6. The highest BCUT2D eigenvalue weighted by Gasteiger charge is 2.42. The topological polar surface area (TPSA) is 97.0 Å². The molecule has 0 bridgehead atoms. The summed E-state index contributed by atoms with van der Waals surface area (Å²) in [5.41, 5.74) is 3.24. The number of ether oxygens (including phenoxy) is 1. The van der Waals surface area contributed by atoms with Crippen LogP contribution in [0.2, 0.25) is 5.02 Å². The van der Waals surface area contributed by atoms with Crippen LogP contribution >= 0.6 is 11.6 Å². The summed E-state index contributed by atoms with van der Waals surface area (Å²) in [6, 6.07) is 6.15. The highest BCUT2D eigenvalue weighted by molar-refractivity contribution is 6.35. The van der Waals surface area contributed by atoms with Crippen molar-refractivity contribution in [3.63, 3.8) is 0 Å². The number of hydrogen-bond donors (Lipinski definition) is 2. The number of guanidine groups is 1. The second-order valence-corrected chi connectivity index (χ2v) is 9.73. The van der Waals surface area contributed by atoms with E-state index in [4.69, 9.17) is 22.1 Å². The minimum atomic E-state index is -4.95. The van der Waals surface area contributed by atoms with Gasteiger partial charge >= 0.3 is 6.18 Å². The molecule has 2 aliphatic rings. The molecule has 0 unspecified atom stereocenters. The quantitative estimate of drug-likeness (QED) is 0.529. The van der Waals surface area contributed by atoms with Gasteiger partial charge in [0, 0.05) is 18.2 Å². The fourth-order valence-corrected chi connectivity index (χ4v) is 5.17. The number of nitrogens with one attached hydrogen (secondary N) is 1. The lowest BCUT2D eigenvalue weighted by Crippen LogP contribution is -2.56. The number of halogens is 5. The first-order chi connectivity index (χ1) is 17.3. The maximum absolute atomic E-state index is 13.4. The number of nitrogens with zero attached hydrogens (tertiary/aromatic N) is 2. The molecule has 1 fully saturated rings. The Labute approximate surface area is 215 Å². The Balaban J connectivity index is 1.64. The summed E-state index contributed by atoms with van der Waals surface area (Å²) in [4.78, 5) is 32.0. The molecule has 3 N–H and O–H groups in total. The molecular formula is C25H25ClF4N4O3. The van der Waals surface area contributed by atoms with Crippen LogP contribution in [0.3, 0.4) is 0 Å². The van der Waals surface area contributed by atoms with Crippen molar-refractivity contribution in [3.05, 3.63) is 63.9 Å². The molecule has 1 saturated heterocycles. The predicted molar refractivity (Wildman–Crippen MR) is 130 cm³/mol. The molecule has 0 saturated carbocycles. The molecule has 2 aliphatic heterocycles. The maximum Gasteiger partial charge on any atom is 0.417 e. The van der Waals surface area contributed by atoms with Crippen LogP contribution in [0.4, 0.5) is 23.2 Å². The van der Waals surface area contributed by atoms with Crippen molar-refractivity contribution in [2.24, 2.45) is 10.7 Å². The van der Waals surface area contributed by atoms with Crippen LogP contribution in [0.1, 0.15) is 54.6 Å². The molecule has 2 amide bonds. The van der Waals surface area contributed by atoms with Gasteiger partial charge < -0.3 is 15.8 Å². The minimum Gasteiger partial charge on any atom is -0.378 e. The lowest BCUT2D eigenvalue weighted by Gasteiger charge is -2.41. The molecular weight excluding hydrogens is 516 g/mol. The van der Waals surface area contributed by atoms with Crippen molar-refractivity contribution < 1.29 is 31.9 Å². The van der Waals surface area contributed by atoms with Crippen molar-refractivity contribution >= 4 is 35.1 Å². The molecule has 0 spiro atoms. The highest BCUT2D eigenvalue weighted by Crippen LogP contribution is 2.41. The van der Waals surface area contributed by atoms with Gasteiger partial charge in [-0.3, -0.25) is 14.5 Å². The number of alkyl halides is 3. The third-order valence-corrected chi connectivity index (χ3v) is 6.96. The van der Waals surface area contributed by atoms with Crippen LogP contribution < -0.4 is 11.1 Å². The fraction of sp³-hybridized carbons (Fsp3) is 0.400. The van der Waals surface area contributed by atoms with E-state index in [-0.39, 0.29) is 47.2 Å². The number of carbonyl (C=O) groups is 2. The molecule has 2 aromatic carbocycles. The van der Waals surface area contributed by atoms with Crippen molar-refractivity contribution in [3.8, 4) is 0 Å². The van der Waals surface area contributed by atoms with E-state index in [1.807, 2.05) is 6.92 Å². The first kappa shape index (κ1) is 26.9. The van der Waals surface area contributed by atoms with Gasteiger partial charge in [0.2, 0.25) is 5.91 Å². The van der Waals surface area contributed by atoms with Gasteiger partial charge in [0.1, 0.15) is 5.82 Å². The summed E-state index contributed by atoms with van der Waals surface area (Å²) >= 11 is 6.57. The minimum absolute atomic E-state index is 0.00439. The monoisotopic (exact) mass is 540 g/mol. The lowest BCUT2D eigenvalue weighted by molar-refractivity contribution is -0.138. The lowest BCUT2D eigenvalue weighted by atomic mass is 9.86. The Hall–Kier alpha value is -3.18. The molecule has 12 heteroatoms. The van der Waals surface area contributed by atoms with Crippen molar-refractivity contribution in [2.45, 2.75) is 57.0 Å². The largest absolute Gasteiger partial charge is 0.417 e. The molecule has 37 heavy (non-hydrogen) atoms. The first-order valence-electron chi connectivity index (χ1n) is 11.6. The van der Waals surface area contributed by atoms with Gasteiger partial charge in [0.15, 0.2) is 5.96 Å². The van der Waals surface area contributed by atoms with Crippen LogP contribution in [-0.4, -0.2) is 41.4 Å². The van der Waals surface area contributed by atoms with Crippen molar-refractivity contribution in [2.75, 3.05) is 11.9 Å². The molecule has 0 radical (unpaired) electrons. The predicted octanol–water partition coefficient (Wildman–Crippen LogP) is 5.08. The number of hydrogen-bond acceptors (Lipinski definition) is 5. The van der Waals surface area contributed by atoms with Crippen LogP contribution in [0.5, 0.6) is 0 Å². The van der Waals surface area contributed by atoms with Gasteiger partial charge in [0.05, 0.1) is 39.9 Å². The molecule has 4 rings (SSSR count). The van der Waals surface area contributed by atoms with Crippen LogP contribution in [0.25, 0.3) is 0 Å². The third-order valence-electron chi connectivity index (χ3n) is 6.55. The number of rotatable bonds is 4. The smallest absolute Gasteiger partial charge is 0.378 e. The molecule has 3 atom stereocenters. The highest BCUT2D eigenvalue weighted by atomic mass is 35.5. The Morgan fingerprint density at radius 1 is 1.30 bits per heavy atom. The molecule has 2 aromatic rings. The zero-order chi connectivity index (χ0) is 27.1. The molecule has 0 aromatic heterocycles. The van der Waals surface area contributed by atoms with Gasteiger partial charge in [-0.05, 0) is 51.0 Å². The van der Waals surface area contributed by atoms with Gasteiger partial charge in [-0.15, -0.1) is 0 Å². The number of anilines is 1. The molecule has 198 valence electrons. The third kappa shape index (κ3) is 5.42. The van der Waals surface area contributed by atoms with E-state index in [1.54, 1.807) is 13.0 Å². The van der Waals surface area contributed by atoms with E-state index >= 15 is 0 Å². The van der Waals surface area contributed by atoms with Gasteiger partial charge in [-0.2, -0.15) is 13.2 Å².